The number of hydrogen-bond donors (Lipinski definition) is 4. The molecule has 1 aliphatic heterocycles. The molecule has 0 spiro atoms. The third-order valence-corrected chi connectivity index (χ3v) is 25.6. The lowest BCUT2D eigenvalue weighted by molar-refractivity contribution is -0.346. The van der Waals surface area contributed by atoms with E-state index in [0.717, 1.165) is 110 Å². The maximum Gasteiger partial charge on any atom is 0.338 e. The first-order chi connectivity index (χ1) is 59.3. The van der Waals surface area contributed by atoms with E-state index in [2.05, 4.69) is 142 Å². The van der Waals surface area contributed by atoms with Gasteiger partial charge in [0.1, 0.15) is 23.9 Å². The summed E-state index contributed by atoms with van der Waals surface area (Å²) < 4.78 is 40.6. The molecule has 0 radical (unpaired) electrons. The molecule has 678 valence electrons. The first kappa shape index (κ1) is 102. The van der Waals surface area contributed by atoms with Gasteiger partial charge in [-0.3, -0.25) is 28.8 Å². The maximum absolute atomic E-state index is 15.5. The summed E-state index contributed by atoms with van der Waals surface area (Å²) in [5.74, 6) is -7.41. The Morgan fingerprint density at radius 2 is 0.920 bits per heavy atom. The Bertz CT molecular complexity index is 4720. The van der Waals surface area contributed by atoms with Crippen molar-refractivity contribution in [3.05, 3.63) is 258 Å². The summed E-state index contributed by atoms with van der Waals surface area (Å²) in [5, 5.41) is 40.2. The van der Waals surface area contributed by atoms with Gasteiger partial charge in [-0.15, -0.1) is 0 Å². The third kappa shape index (κ3) is 27.5. The molecule has 125 heavy (non-hydrogen) atoms. The van der Waals surface area contributed by atoms with Crippen molar-refractivity contribution in [2.45, 2.75) is 313 Å². The van der Waals surface area contributed by atoms with Crippen molar-refractivity contribution >= 4 is 47.1 Å². The number of ether oxygens (including phenoxy) is 7. The number of Topliss-reactive ketones (excluding diaryl/α,β-unsaturated/α-hetero) is 3. The van der Waals surface area contributed by atoms with Gasteiger partial charge in [0.2, 0.25) is 23.1 Å². The van der Waals surface area contributed by atoms with Crippen molar-refractivity contribution in [3.63, 3.8) is 0 Å². The number of ketones is 3. The highest BCUT2D eigenvalue weighted by Crippen LogP contribution is 2.65. The maximum atomic E-state index is 15.5. The Morgan fingerprint density at radius 1 is 0.520 bits per heavy atom. The van der Waals surface area contributed by atoms with Crippen LogP contribution in [-0.4, -0.2) is 131 Å². The lowest BCUT2D eigenvalue weighted by Crippen LogP contribution is -2.82. The molecule has 1 saturated heterocycles. The van der Waals surface area contributed by atoms with E-state index in [4.69, 9.17) is 33.2 Å². The van der Waals surface area contributed by atoms with E-state index in [1.807, 2.05) is 0 Å². The number of aliphatic hydroxyl groups is 3. The molecular formula is C106H141NO18. The molecule has 8 rings (SSSR count). The third-order valence-electron chi connectivity index (χ3n) is 25.6. The first-order valence-electron chi connectivity index (χ1n) is 44.6. The number of carbonyl (C=O) groups is 8. The van der Waals surface area contributed by atoms with Gasteiger partial charge in [-0.1, -0.05) is 197 Å². The normalized spacial score (nSPS) is 23.8. The predicted octanol–water partition coefficient (Wildman–Crippen LogP) is 21.6. The van der Waals surface area contributed by atoms with Gasteiger partial charge in [0.05, 0.1) is 49.9 Å². The monoisotopic (exact) mass is 1720 g/mol. The second-order valence-electron chi connectivity index (χ2n) is 36.0. The number of benzene rings is 3. The summed E-state index contributed by atoms with van der Waals surface area (Å²) in [6.07, 6.45) is 33.8. The van der Waals surface area contributed by atoms with Crippen LogP contribution < -0.4 is 5.32 Å². The van der Waals surface area contributed by atoms with Crippen LogP contribution >= 0.6 is 0 Å². The predicted molar refractivity (Wildman–Crippen MR) is 492 cm³/mol. The van der Waals surface area contributed by atoms with Crippen LogP contribution in [0.5, 0.6) is 0 Å². The lowest BCUT2D eigenvalue weighted by atomic mass is 9.44. The topological polar surface area (TPSA) is 274 Å². The molecule has 19 nitrogen and oxygen atoms in total. The van der Waals surface area contributed by atoms with Crippen molar-refractivity contribution in [3.8, 4) is 0 Å². The average molecular weight is 1720 g/mol. The fraction of sp³-hybridized carbons (Fsp3) is 0.509. The number of esters is 4. The molecule has 3 aromatic rings. The number of carbonyl (C=O) groups excluding carboxylic acids is 8. The van der Waals surface area contributed by atoms with Gasteiger partial charge in [-0.25, -0.2) is 9.59 Å². The number of rotatable bonds is 41. The molecule has 5 aliphatic rings. The van der Waals surface area contributed by atoms with Crippen LogP contribution in [0.15, 0.2) is 241 Å². The van der Waals surface area contributed by atoms with Crippen LogP contribution in [0.4, 0.5) is 0 Å². The van der Waals surface area contributed by atoms with Crippen LogP contribution in [0.3, 0.4) is 0 Å². The van der Waals surface area contributed by atoms with E-state index in [0.29, 0.717) is 23.1 Å². The molecule has 2 saturated carbocycles. The molecular weight excluding hydrogens is 1580 g/mol. The Labute approximate surface area is 744 Å². The van der Waals surface area contributed by atoms with Crippen LogP contribution in [-0.2, 0) is 61.9 Å². The number of fused-ring (bicyclic) bond motifs is 5. The number of methoxy groups -OCH3 is 2. The summed E-state index contributed by atoms with van der Waals surface area (Å²) in [6, 6.07) is 22.9. The van der Waals surface area contributed by atoms with Gasteiger partial charge >= 0.3 is 23.9 Å². The summed E-state index contributed by atoms with van der Waals surface area (Å²) in [6.45, 7) is 34.3. The van der Waals surface area contributed by atoms with E-state index < -0.39 is 113 Å². The highest BCUT2D eigenvalue weighted by molar-refractivity contribution is 6.23. The molecule has 19 heteroatoms. The summed E-state index contributed by atoms with van der Waals surface area (Å²) in [5.41, 5.74) is 8.45. The molecule has 4 N–H and O–H groups in total. The van der Waals surface area contributed by atoms with Crippen molar-refractivity contribution < 1.29 is 86.8 Å². The minimum atomic E-state index is -2.39. The molecule has 3 fully saturated rings. The van der Waals surface area contributed by atoms with Gasteiger partial charge in [0.15, 0.2) is 23.6 Å². The van der Waals surface area contributed by atoms with Gasteiger partial charge in [0.25, 0.3) is 5.91 Å². The van der Waals surface area contributed by atoms with Crippen LogP contribution in [0, 0.1) is 16.7 Å². The Kier molecular flexibility index (Phi) is 39.3. The minimum Gasteiger partial charge on any atom is -0.489 e. The Balaban J connectivity index is 0.000000343. The van der Waals surface area contributed by atoms with Gasteiger partial charge in [-0.2, -0.15) is 0 Å². The second-order valence-corrected chi connectivity index (χ2v) is 36.0. The van der Waals surface area contributed by atoms with Crippen LogP contribution in [0.1, 0.15) is 292 Å². The number of aliphatic hydroxyl groups excluding tert-OH is 2. The van der Waals surface area contributed by atoms with Crippen molar-refractivity contribution in [2.75, 3.05) is 20.8 Å². The van der Waals surface area contributed by atoms with Gasteiger partial charge < -0.3 is 53.8 Å². The fourth-order valence-corrected chi connectivity index (χ4v) is 17.8. The molecule has 1 heterocycles. The minimum absolute atomic E-state index is 0.00289. The van der Waals surface area contributed by atoms with E-state index in [1.54, 1.807) is 99.6 Å². The largest absolute Gasteiger partial charge is 0.489 e. The number of hydrogen-bond acceptors (Lipinski definition) is 18. The average Bonchev–Trinajstić information content (AvgIpc) is 0.667. The quantitative estimate of drug-likeness (QED) is 0.0178. The Morgan fingerprint density at radius 3 is 1.31 bits per heavy atom. The zero-order chi connectivity index (χ0) is 92.1. The standard InChI is InChI=1S/C59H90O4.C47H51NO14/c1-44(2)24-15-25-45(3)26-16-27-46(4)28-17-29-47(5)30-18-31-48(6)32-19-33-49(7)34-20-35-50(8)36-21-37-51(9)38-22-39-52(10)40-23-41-53(11)42-43-55-54(12)56(60)58(62-13)59(63-14)57(55)61;1-25-31(60-43(56)36(52)35(28-16-10-7-11-17-28)48-41(54)29-18-12-8-13-19-29)23-47(57)40(61-42(55)30-20-14-9-15-21-30)38-45(6,32(51)22-33-46(38,24-58-33)62-27(3)50)39(53)37(59-26(2)49)34(25)44(47,4)5/h24,26,28,30,32,34,36,38,40,42H,15-23,25,27,29,31,33,35,37,39,41,43H2,1-14H3;7-21,31-33,35-38,40,51-52,57H,22-24H2,1-6H3,(H,48,54)/b45-26+,46-28+,47-30+,48-32+,49-34+,50-36+,51-38+,52-40+,53-42+;/t;31-,32-,33+,35-,36+,37+,38-,40-,45+,46-,47+/m.0/s1. The summed E-state index contributed by atoms with van der Waals surface area (Å²) in [7, 11) is 2.78. The highest BCUT2D eigenvalue weighted by atomic mass is 16.6. The molecule has 1 amide bonds. The smallest absolute Gasteiger partial charge is 0.338 e. The van der Waals surface area contributed by atoms with Crippen molar-refractivity contribution in [1.29, 1.82) is 0 Å². The van der Waals surface area contributed by atoms with Gasteiger partial charge in [0, 0.05) is 48.8 Å². The molecule has 3 aromatic carbocycles. The van der Waals surface area contributed by atoms with Crippen molar-refractivity contribution in [2.24, 2.45) is 16.7 Å². The second kappa shape index (κ2) is 48.1. The van der Waals surface area contributed by atoms with Crippen LogP contribution in [0.2, 0.25) is 0 Å². The van der Waals surface area contributed by atoms with E-state index in [1.165, 1.54) is 115 Å². The van der Waals surface area contributed by atoms with E-state index in [-0.39, 0.29) is 58.4 Å². The number of allylic oxidation sites excluding steroid dienone is 22. The Hall–Kier alpha value is -9.92. The summed E-state index contributed by atoms with van der Waals surface area (Å²) in [4.78, 5) is 109. The molecule has 2 bridgehead atoms. The highest BCUT2D eigenvalue weighted by Gasteiger charge is 2.78. The SMILES string of the molecule is CC(=O)O[C@H]1C(=O)[C@@]2(C)[C@H]([C@H](OC(=O)c3ccccc3)[C@]3(O)C[C@H](OC(=O)[C@H](O)[C@@H](NC(=O)c4ccccc4)c4ccccc4)C(C)=C1C3(C)C)[C@]1(OC(C)=O)CO[C@@H]1C[C@@H]2O.COC1=C(OC)C(=O)C(C/C=C(\C)CC/C=C(\C)CC/C=C(\C)CC/C=C(\C)CC/C=C(\C)CC/C=C(\C)CC/C=C(\C)CC/C=C(\C)CC/C=C(\C)CCC=C(C)C)=C(C)C1=O. The number of nitrogens with one attached hydrogen (secondary N) is 1. The summed E-state index contributed by atoms with van der Waals surface area (Å²) >= 11 is 0. The zero-order valence-corrected chi connectivity index (χ0v) is 78.1. The van der Waals surface area contributed by atoms with Crippen LogP contribution in [0.25, 0.3) is 0 Å². The van der Waals surface area contributed by atoms with Gasteiger partial charge in [-0.05, 0) is 260 Å². The first-order valence-corrected chi connectivity index (χ1v) is 44.6. The molecule has 4 aliphatic carbocycles. The molecule has 11 atom stereocenters. The van der Waals surface area contributed by atoms with E-state index in [9.17, 15) is 48.9 Å². The zero-order valence-electron chi connectivity index (χ0n) is 78.1. The van der Waals surface area contributed by atoms with Crippen molar-refractivity contribution in [1.82, 2.24) is 5.32 Å². The number of amides is 1. The molecule has 0 aromatic heterocycles. The molecule has 0 unspecified atom stereocenters. The fourth-order valence-electron chi connectivity index (χ4n) is 17.8. The van der Waals surface area contributed by atoms with E-state index >= 15 is 4.79 Å². The lowest BCUT2D eigenvalue weighted by Gasteiger charge is -2.67.